The van der Waals surface area contributed by atoms with Gasteiger partial charge in [0.15, 0.2) is 0 Å². The molecule has 0 aromatic carbocycles. The first-order valence-corrected chi connectivity index (χ1v) is 2.93. The minimum Gasteiger partial charge on any atom is -0.785 e. The molecular formula is C5H9NO2SZn. The van der Waals surface area contributed by atoms with E-state index in [9.17, 15) is 9.90 Å². The van der Waals surface area contributed by atoms with Crippen LogP contribution in [0.3, 0.4) is 0 Å². The minimum absolute atomic E-state index is 0. The molecule has 0 radical (unpaired) electrons. The topological polar surface area (TPSA) is 66.2 Å². The van der Waals surface area contributed by atoms with Crippen LogP contribution in [0.15, 0.2) is 0 Å². The van der Waals surface area contributed by atoms with Crippen LogP contribution in [0.25, 0.3) is 0 Å². The number of hydrogen-bond donors (Lipinski definition) is 1. The van der Waals surface area contributed by atoms with Crippen LogP contribution < -0.4 is 10.8 Å². The molecule has 0 spiro atoms. The molecule has 0 saturated heterocycles. The average molecular weight is 213 g/mol. The van der Waals surface area contributed by atoms with E-state index >= 15 is 0 Å². The number of carboxylic acid groups (broad SMARTS) is 1. The van der Waals surface area contributed by atoms with Gasteiger partial charge in [0, 0.05) is 6.04 Å². The second kappa shape index (κ2) is 4.32. The van der Waals surface area contributed by atoms with E-state index < -0.39 is 16.8 Å². The van der Waals surface area contributed by atoms with E-state index in [0.29, 0.717) is 0 Å². The number of aliphatic carboxylic acids is 1. The van der Waals surface area contributed by atoms with Crippen molar-refractivity contribution < 1.29 is 29.4 Å². The summed E-state index contributed by atoms with van der Waals surface area (Å²) in [4.78, 5) is 10.0. The summed E-state index contributed by atoms with van der Waals surface area (Å²) in [5, 5.41) is 10.0. The van der Waals surface area contributed by atoms with Gasteiger partial charge < -0.3 is 28.3 Å². The molecule has 0 bridgehead atoms. The van der Waals surface area contributed by atoms with Crippen LogP contribution in [0.2, 0.25) is 0 Å². The van der Waals surface area contributed by atoms with Gasteiger partial charge in [-0.25, -0.2) is 0 Å². The van der Waals surface area contributed by atoms with Crippen LogP contribution in [-0.4, -0.2) is 16.8 Å². The van der Waals surface area contributed by atoms with Crippen molar-refractivity contribution in [1.29, 1.82) is 0 Å². The van der Waals surface area contributed by atoms with Crippen molar-refractivity contribution in [3.8, 4) is 0 Å². The van der Waals surface area contributed by atoms with E-state index in [0.717, 1.165) is 0 Å². The monoisotopic (exact) mass is 211 g/mol. The average Bonchev–Trinajstić information content (AvgIpc) is 1.62. The zero-order chi connectivity index (χ0) is 7.65. The minimum atomic E-state index is -1.30. The summed E-state index contributed by atoms with van der Waals surface area (Å²) < 4.78 is -0.821. The maximum atomic E-state index is 10.0. The maximum absolute atomic E-state index is 10.0. The summed E-state index contributed by atoms with van der Waals surface area (Å²) in [5.41, 5.74) is 5.13. The molecule has 1 atom stereocenters. The van der Waals surface area contributed by atoms with E-state index in [2.05, 4.69) is 0 Å². The molecule has 0 unspecified atom stereocenters. The zero-order valence-electron chi connectivity index (χ0n) is 6.09. The van der Waals surface area contributed by atoms with Crippen LogP contribution in [0.4, 0.5) is 0 Å². The third-order valence-corrected chi connectivity index (χ3v) is 1.26. The molecule has 0 rings (SSSR count). The van der Waals surface area contributed by atoms with Crippen LogP contribution in [0.5, 0.6) is 0 Å². The summed E-state index contributed by atoms with van der Waals surface area (Å²) in [5.74, 6) is -1.30. The third-order valence-electron chi connectivity index (χ3n) is 1.00. The predicted octanol–water partition coefficient (Wildman–Crippen LogP) is -1.61. The van der Waals surface area contributed by atoms with Crippen LogP contribution >= 0.6 is 0 Å². The number of carbonyl (C=O) groups is 1. The van der Waals surface area contributed by atoms with Crippen LogP contribution in [0, 0.1) is 0 Å². The van der Waals surface area contributed by atoms with Gasteiger partial charge in [-0.05, 0) is 0 Å². The Morgan fingerprint density at radius 1 is 1.70 bits per heavy atom. The molecule has 10 heavy (non-hydrogen) atoms. The van der Waals surface area contributed by atoms with Gasteiger partial charge in [-0.3, -0.25) is 0 Å². The Kier molecular flexibility index (Phi) is 5.62. The number of hydrogen-bond acceptors (Lipinski definition) is 4. The molecule has 0 aromatic rings. The summed E-state index contributed by atoms with van der Waals surface area (Å²) in [6.45, 7) is 3.14. The first kappa shape index (κ1) is 13.0. The number of rotatable bonds is 2. The van der Waals surface area contributed by atoms with Gasteiger partial charge >= 0.3 is 19.5 Å². The molecule has 0 aliphatic rings. The summed E-state index contributed by atoms with van der Waals surface area (Å²) in [6.07, 6.45) is 0. The molecule has 54 valence electrons. The Balaban J connectivity index is 0. The molecule has 0 saturated carbocycles. The summed E-state index contributed by atoms with van der Waals surface area (Å²) in [6, 6.07) is -1.06. The van der Waals surface area contributed by atoms with Gasteiger partial charge in [-0.2, -0.15) is 0 Å². The molecule has 3 nitrogen and oxygen atoms in total. The van der Waals surface area contributed by atoms with Crippen molar-refractivity contribution >= 4 is 18.6 Å². The summed E-state index contributed by atoms with van der Waals surface area (Å²) >= 11 is 4.74. The normalized spacial score (nSPS) is 13.6. The van der Waals surface area contributed by atoms with Gasteiger partial charge in [-0.1, -0.05) is 13.8 Å². The third kappa shape index (κ3) is 4.26. The van der Waals surface area contributed by atoms with Crippen LogP contribution in [-0.2, 0) is 36.9 Å². The van der Waals surface area contributed by atoms with E-state index in [1.54, 1.807) is 13.8 Å². The SMILES string of the molecule is CC(C)([S-])[C@H](N)C(=O)[O-].[Zn+2]. The molecule has 2 N–H and O–H groups in total. The smallest absolute Gasteiger partial charge is 0.785 e. The number of nitrogens with two attached hydrogens (primary N) is 1. The Morgan fingerprint density at radius 3 is 2.00 bits per heavy atom. The van der Waals surface area contributed by atoms with Gasteiger partial charge in [0.1, 0.15) is 0 Å². The van der Waals surface area contributed by atoms with Crippen molar-refractivity contribution in [3.05, 3.63) is 0 Å². The largest absolute Gasteiger partial charge is 2.00 e. The molecule has 5 heteroatoms. The standard InChI is InChI=1S/C5H11NO2S.Zn/c1-5(2,9)3(6)4(7)8;/h3,9H,6H2,1-2H3,(H,7,8);/q;+2/p-2/t3-;/m1./s1. The Hall–Kier alpha value is 0.403. The van der Waals surface area contributed by atoms with Gasteiger partial charge in [0.2, 0.25) is 0 Å². The van der Waals surface area contributed by atoms with Gasteiger partial charge in [-0.15, -0.1) is 4.75 Å². The zero-order valence-corrected chi connectivity index (χ0v) is 9.87. The van der Waals surface area contributed by atoms with Crippen molar-refractivity contribution in [2.75, 3.05) is 0 Å². The fourth-order valence-corrected chi connectivity index (χ4v) is 0.380. The number of carboxylic acids is 1. The van der Waals surface area contributed by atoms with Crippen molar-refractivity contribution in [3.63, 3.8) is 0 Å². The predicted molar refractivity (Wildman–Crippen MR) is 34.4 cm³/mol. The molecule has 0 fully saturated rings. The molecule has 0 amide bonds. The number of carbonyl (C=O) groups excluding carboxylic acids is 1. The van der Waals surface area contributed by atoms with E-state index in [1.807, 2.05) is 0 Å². The van der Waals surface area contributed by atoms with Gasteiger partial charge in [0.25, 0.3) is 0 Å². The fourth-order valence-electron chi connectivity index (χ4n) is 0.284. The molecule has 0 heterocycles. The Labute approximate surface area is 78.5 Å². The molecule has 0 aliphatic carbocycles. The first-order valence-electron chi connectivity index (χ1n) is 2.52. The maximum Gasteiger partial charge on any atom is 2.00 e. The van der Waals surface area contributed by atoms with Crippen molar-refractivity contribution in [2.45, 2.75) is 24.6 Å². The Bertz CT molecular complexity index is 123. The molecule has 0 aliphatic heterocycles. The fraction of sp³-hybridized carbons (Fsp3) is 0.800. The Morgan fingerprint density at radius 2 is 2.00 bits per heavy atom. The molecule has 0 aromatic heterocycles. The second-order valence-electron chi connectivity index (χ2n) is 2.40. The van der Waals surface area contributed by atoms with E-state index in [-0.39, 0.29) is 19.5 Å². The van der Waals surface area contributed by atoms with Gasteiger partial charge in [0.05, 0.1) is 5.97 Å². The quantitative estimate of drug-likeness (QED) is 0.442. The summed E-state index contributed by atoms with van der Waals surface area (Å²) in [7, 11) is 0. The first-order chi connectivity index (χ1) is 3.85. The van der Waals surface area contributed by atoms with Crippen LogP contribution in [0.1, 0.15) is 13.8 Å². The van der Waals surface area contributed by atoms with E-state index in [4.69, 9.17) is 18.4 Å². The molecular weight excluding hydrogens is 204 g/mol. The van der Waals surface area contributed by atoms with Crippen molar-refractivity contribution in [1.82, 2.24) is 0 Å². The van der Waals surface area contributed by atoms with Crippen molar-refractivity contribution in [2.24, 2.45) is 5.73 Å². The second-order valence-corrected chi connectivity index (χ2v) is 3.45. The van der Waals surface area contributed by atoms with E-state index in [1.165, 1.54) is 0 Å².